The lowest BCUT2D eigenvalue weighted by molar-refractivity contribution is -0.139. The molecule has 7 nitrogen and oxygen atoms in total. The minimum Gasteiger partial charge on any atom is -0.493 e. The molecule has 0 spiro atoms. The van der Waals surface area contributed by atoms with E-state index >= 15 is 0 Å². The largest absolute Gasteiger partial charge is 0.493 e. The fraction of sp³-hybridized carbons (Fsp3) is 0.190. The minimum atomic E-state index is -1.12. The van der Waals surface area contributed by atoms with Crippen molar-refractivity contribution in [2.24, 2.45) is 0 Å². The molecule has 2 amide bonds. The molecule has 0 atom stereocenters. The van der Waals surface area contributed by atoms with Crippen LogP contribution in [-0.4, -0.2) is 40.8 Å². The first-order valence-corrected chi connectivity index (χ1v) is 10.4. The summed E-state index contributed by atoms with van der Waals surface area (Å²) in [7, 11) is 1.43. The molecule has 1 aliphatic heterocycles. The number of ether oxygens (including phenoxy) is 2. The minimum absolute atomic E-state index is 0.212. The molecule has 2 aromatic rings. The van der Waals surface area contributed by atoms with Crippen molar-refractivity contribution < 1.29 is 29.0 Å². The number of hydrogen-bond acceptors (Lipinski definition) is 6. The number of amides is 2. The molecule has 3 rings (SSSR count). The van der Waals surface area contributed by atoms with Crippen molar-refractivity contribution in [3.63, 3.8) is 0 Å². The number of aryl methyl sites for hydroxylation is 1. The van der Waals surface area contributed by atoms with Crippen LogP contribution in [0, 0.1) is 6.92 Å². The molecule has 1 N–H and O–H groups in total. The monoisotopic (exact) mass is 491 g/mol. The lowest BCUT2D eigenvalue weighted by Crippen LogP contribution is -2.27. The van der Waals surface area contributed by atoms with Gasteiger partial charge in [0.25, 0.3) is 11.1 Å². The number of carboxylic acid groups (broad SMARTS) is 1. The van der Waals surface area contributed by atoms with Gasteiger partial charge in [0.15, 0.2) is 18.1 Å². The molecule has 0 aliphatic carbocycles. The van der Waals surface area contributed by atoms with E-state index in [2.05, 4.69) is 15.9 Å². The summed E-state index contributed by atoms with van der Waals surface area (Å²) < 4.78 is 11.0. The van der Waals surface area contributed by atoms with Crippen molar-refractivity contribution in [3.05, 3.63) is 62.5 Å². The van der Waals surface area contributed by atoms with Crippen LogP contribution in [0.1, 0.15) is 16.7 Å². The van der Waals surface area contributed by atoms with E-state index in [1.807, 2.05) is 31.2 Å². The van der Waals surface area contributed by atoms with E-state index in [4.69, 9.17) is 14.6 Å². The van der Waals surface area contributed by atoms with E-state index in [9.17, 15) is 14.4 Å². The second-order valence-corrected chi connectivity index (χ2v) is 8.26. The second-order valence-electron chi connectivity index (χ2n) is 6.41. The maximum absolute atomic E-state index is 12.8. The van der Waals surface area contributed by atoms with Crippen LogP contribution >= 0.6 is 27.7 Å². The van der Waals surface area contributed by atoms with Gasteiger partial charge in [-0.1, -0.05) is 24.3 Å². The Labute approximate surface area is 185 Å². The fourth-order valence-corrected chi connectivity index (χ4v) is 4.26. The van der Waals surface area contributed by atoms with Crippen LogP contribution in [0.25, 0.3) is 6.08 Å². The van der Waals surface area contributed by atoms with Crippen LogP contribution in [0.3, 0.4) is 0 Å². The standard InChI is InChI=1S/C21H18BrNO6S/c1-12-5-3-4-6-14(12)10-23-20(26)17(30-21(23)27)9-13-7-15(22)19(16(8-13)28-2)29-11-18(24)25/h3-9H,10-11H2,1-2H3,(H,24,25)/b17-9-. The van der Waals surface area contributed by atoms with E-state index in [0.29, 0.717) is 20.7 Å². The molecule has 0 radical (unpaired) electrons. The number of carbonyl (C=O) groups is 3. The first kappa shape index (κ1) is 21.9. The SMILES string of the molecule is COc1cc(/C=C2\SC(=O)N(Cc3ccccc3C)C2=O)cc(Br)c1OCC(=O)O. The third-order valence-corrected chi connectivity index (χ3v) is 5.85. The summed E-state index contributed by atoms with van der Waals surface area (Å²) in [6.07, 6.45) is 1.59. The summed E-state index contributed by atoms with van der Waals surface area (Å²) in [4.78, 5) is 37.5. The van der Waals surface area contributed by atoms with Crippen LogP contribution < -0.4 is 9.47 Å². The Bertz CT molecular complexity index is 1050. The van der Waals surface area contributed by atoms with Crippen molar-refractivity contribution in [1.29, 1.82) is 0 Å². The lowest BCUT2D eigenvalue weighted by Gasteiger charge is -2.14. The van der Waals surface area contributed by atoms with Crippen molar-refractivity contribution in [2.75, 3.05) is 13.7 Å². The van der Waals surface area contributed by atoms with Gasteiger partial charge in [-0.2, -0.15) is 0 Å². The maximum Gasteiger partial charge on any atom is 0.341 e. The van der Waals surface area contributed by atoms with E-state index in [1.54, 1.807) is 18.2 Å². The predicted octanol–water partition coefficient (Wildman–Crippen LogP) is 4.47. The van der Waals surface area contributed by atoms with E-state index in [0.717, 1.165) is 22.9 Å². The quantitative estimate of drug-likeness (QED) is 0.571. The predicted molar refractivity (Wildman–Crippen MR) is 117 cm³/mol. The highest BCUT2D eigenvalue weighted by molar-refractivity contribution is 9.10. The number of nitrogens with zero attached hydrogens (tertiary/aromatic N) is 1. The molecule has 1 heterocycles. The van der Waals surface area contributed by atoms with Crippen molar-refractivity contribution in [3.8, 4) is 11.5 Å². The Morgan fingerprint density at radius 3 is 2.67 bits per heavy atom. The fourth-order valence-electron chi connectivity index (χ4n) is 2.84. The van der Waals surface area contributed by atoms with Gasteiger partial charge in [-0.3, -0.25) is 14.5 Å². The van der Waals surface area contributed by atoms with Gasteiger partial charge in [-0.25, -0.2) is 4.79 Å². The number of rotatable bonds is 7. The molecule has 1 saturated heterocycles. The first-order valence-electron chi connectivity index (χ1n) is 8.82. The summed E-state index contributed by atoms with van der Waals surface area (Å²) in [5.41, 5.74) is 2.51. The molecule has 0 saturated carbocycles. The number of carboxylic acids is 1. The van der Waals surface area contributed by atoms with Gasteiger partial charge in [-0.05, 0) is 69.5 Å². The van der Waals surface area contributed by atoms with Gasteiger partial charge in [-0.15, -0.1) is 0 Å². The zero-order chi connectivity index (χ0) is 21.8. The molecular weight excluding hydrogens is 474 g/mol. The molecule has 156 valence electrons. The smallest absolute Gasteiger partial charge is 0.341 e. The molecule has 2 aromatic carbocycles. The van der Waals surface area contributed by atoms with Gasteiger partial charge in [0.1, 0.15) is 0 Å². The van der Waals surface area contributed by atoms with Crippen LogP contribution in [0.15, 0.2) is 45.8 Å². The molecule has 9 heteroatoms. The van der Waals surface area contributed by atoms with Gasteiger partial charge in [0.2, 0.25) is 0 Å². The molecular formula is C21H18BrNO6S. The van der Waals surface area contributed by atoms with Gasteiger partial charge in [0.05, 0.1) is 23.0 Å². The zero-order valence-electron chi connectivity index (χ0n) is 16.2. The number of halogens is 1. The summed E-state index contributed by atoms with van der Waals surface area (Å²) >= 11 is 4.21. The van der Waals surface area contributed by atoms with E-state index in [-0.39, 0.29) is 23.4 Å². The third-order valence-electron chi connectivity index (χ3n) is 4.35. The lowest BCUT2D eigenvalue weighted by atomic mass is 10.1. The number of aliphatic carboxylic acids is 1. The number of methoxy groups -OCH3 is 1. The molecule has 0 bridgehead atoms. The van der Waals surface area contributed by atoms with Crippen molar-refractivity contribution >= 4 is 50.9 Å². The van der Waals surface area contributed by atoms with Gasteiger partial charge < -0.3 is 14.6 Å². The van der Waals surface area contributed by atoms with E-state index in [1.165, 1.54) is 12.0 Å². The molecule has 30 heavy (non-hydrogen) atoms. The molecule has 1 fully saturated rings. The summed E-state index contributed by atoms with van der Waals surface area (Å²) in [5.74, 6) is -0.939. The Hall–Kier alpha value is -2.78. The van der Waals surface area contributed by atoms with Gasteiger partial charge in [0, 0.05) is 0 Å². The number of imide groups is 1. The average molecular weight is 492 g/mol. The highest BCUT2D eigenvalue weighted by Crippen LogP contribution is 2.39. The number of benzene rings is 2. The Balaban J connectivity index is 1.85. The Morgan fingerprint density at radius 2 is 2.00 bits per heavy atom. The number of hydrogen-bond donors (Lipinski definition) is 1. The van der Waals surface area contributed by atoms with Crippen LogP contribution in [-0.2, 0) is 16.1 Å². The summed E-state index contributed by atoms with van der Waals surface area (Å²) in [5, 5.41) is 8.48. The molecule has 1 aliphatic rings. The van der Waals surface area contributed by atoms with E-state index < -0.39 is 12.6 Å². The molecule has 0 unspecified atom stereocenters. The highest BCUT2D eigenvalue weighted by Gasteiger charge is 2.35. The average Bonchev–Trinajstić information content (AvgIpc) is 2.95. The summed E-state index contributed by atoms with van der Waals surface area (Å²) in [6.45, 7) is 1.62. The highest BCUT2D eigenvalue weighted by atomic mass is 79.9. The molecule has 0 aromatic heterocycles. The van der Waals surface area contributed by atoms with Crippen LogP contribution in [0.4, 0.5) is 4.79 Å². The maximum atomic E-state index is 12.8. The number of thioether (sulfide) groups is 1. The third kappa shape index (κ3) is 4.85. The van der Waals surface area contributed by atoms with Crippen molar-refractivity contribution in [1.82, 2.24) is 4.90 Å². The number of carbonyl (C=O) groups excluding carboxylic acids is 2. The Morgan fingerprint density at radius 1 is 1.27 bits per heavy atom. The van der Waals surface area contributed by atoms with Crippen LogP contribution in [0.5, 0.6) is 11.5 Å². The second kappa shape index (κ2) is 9.36. The van der Waals surface area contributed by atoms with Crippen LogP contribution in [0.2, 0.25) is 0 Å². The topological polar surface area (TPSA) is 93.1 Å². The first-order chi connectivity index (χ1) is 14.3. The van der Waals surface area contributed by atoms with Gasteiger partial charge >= 0.3 is 5.97 Å². The normalized spacial score (nSPS) is 15.0. The summed E-state index contributed by atoms with van der Waals surface area (Å²) in [6, 6.07) is 10.9. The zero-order valence-corrected chi connectivity index (χ0v) is 18.6. The Kier molecular flexibility index (Phi) is 6.84. The van der Waals surface area contributed by atoms with Crippen molar-refractivity contribution in [2.45, 2.75) is 13.5 Å².